The Hall–Kier alpha value is -0.640. The lowest BCUT2D eigenvalue weighted by Crippen LogP contribution is -2.44. The quantitative estimate of drug-likeness (QED) is 0.817. The van der Waals surface area contributed by atoms with Crippen molar-refractivity contribution < 1.29 is 9.50 Å². The van der Waals surface area contributed by atoms with Gasteiger partial charge in [0.05, 0.1) is 6.10 Å². The number of hydrogen-bond acceptors (Lipinski definition) is 2. The molecule has 1 saturated heterocycles. The Morgan fingerprint density at radius 3 is 2.57 bits per heavy atom. The average molecular weight is 316 g/mol. The first-order valence-electron chi connectivity index (χ1n) is 7.81. The van der Waals surface area contributed by atoms with Crippen molar-refractivity contribution in [3.63, 3.8) is 0 Å². The Kier molecular flexibility index (Phi) is 7.11. The summed E-state index contributed by atoms with van der Waals surface area (Å²) in [5.41, 5.74) is 0.842. The zero-order valence-corrected chi connectivity index (χ0v) is 13.8. The topological polar surface area (TPSA) is 32.3 Å². The second-order valence-electron chi connectivity index (χ2n) is 6.07. The monoisotopic (exact) mass is 315 g/mol. The minimum absolute atomic E-state index is 0. The molecule has 2 rings (SSSR count). The van der Waals surface area contributed by atoms with Gasteiger partial charge in [-0.2, -0.15) is 0 Å². The third-order valence-electron chi connectivity index (χ3n) is 4.45. The van der Waals surface area contributed by atoms with Crippen LogP contribution < -0.4 is 5.32 Å². The molecular formula is C17H27ClFNO. The Labute approximate surface area is 133 Å². The number of hydrogen-bond donors (Lipinski definition) is 2. The molecule has 2 N–H and O–H groups in total. The summed E-state index contributed by atoms with van der Waals surface area (Å²) in [4.78, 5) is 0. The summed E-state index contributed by atoms with van der Waals surface area (Å²) >= 11 is 0. The van der Waals surface area contributed by atoms with E-state index in [1.54, 1.807) is 12.1 Å². The van der Waals surface area contributed by atoms with Gasteiger partial charge in [0.1, 0.15) is 5.82 Å². The molecular weight excluding hydrogens is 289 g/mol. The fourth-order valence-electron chi connectivity index (χ4n) is 3.61. The van der Waals surface area contributed by atoms with Crippen molar-refractivity contribution in [1.82, 2.24) is 5.32 Å². The van der Waals surface area contributed by atoms with Gasteiger partial charge >= 0.3 is 0 Å². The van der Waals surface area contributed by atoms with Crippen LogP contribution >= 0.6 is 12.4 Å². The van der Waals surface area contributed by atoms with Crippen molar-refractivity contribution >= 4 is 12.4 Å². The van der Waals surface area contributed by atoms with Crippen molar-refractivity contribution in [2.45, 2.75) is 70.1 Å². The smallest absolute Gasteiger partial charge is 0.123 e. The lowest BCUT2D eigenvalue weighted by atomic mass is 9.87. The summed E-state index contributed by atoms with van der Waals surface area (Å²) < 4.78 is 13.3. The van der Waals surface area contributed by atoms with Crippen LogP contribution in [0.25, 0.3) is 0 Å². The van der Waals surface area contributed by atoms with Crippen LogP contribution in [-0.4, -0.2) is 16.7 Å². The molecule has 1 unspecified atom stereocenters. The number of nitrogens with one attached hydrogen (secondary N) is 1. The zero-order valence-electron chi connectivity index (χ0n) is 12.9. The van der Waals surface area contributed by atoms with Crippen molar-refractivity contribution in [2.75, 3.05) is 0 Å². The molecule has 0 amide bonds. The minimum Gasteiger partial charge on any atom is -0.387 e. The van der Waals surface area contributed by atoms with Gasteiger partial charge in [-0.15, -0.1) is 12.4 Å². The zero-order chi connectivity index (χ0) is 14.6. The normalized spacial score (nSPS) is 21.8. The lowest BCUT2D eigenvalue weighted by Gasteiger charge is -2.31. The van der Waals surface area contributed by atoms with Gasteiger partial charge in [0.25, 0.3) is 0 Å². The van der Waals surface area contributed by atoms with E-state index in [2.05, 4.69) is 19.2 Å². The van der Waals surface area contributed by atoms with E-state index in [-0.39, 0.29) is 29.8 Å². The summed E-state index contributed by atoms with van der Waals surface area (Å²) in [5.74, 6) is -0.284. The fourth-order valence-corrected chi connectivity index (χ4v) is 3.61. The van der Waals surface area contributed by atoms with Crippen LogP contribution in [0, 0.1) is 5.82 Å². The second kappa shape index (κ2) is 8.11. The predicted molar refractivity (Wildman–Crippen MR) is 87.3 cm³/mol. The third-order valence-corrected chi connectivity index (χ3v) is 4.45. The van der Waals surface area contributed by atoms with E-state index in [0.29, 0.717) is 5.56 Å². The molecule has 120 valence electrons. The van der Waals surface area contributed by atoms with Crippen LogP contribution in [0.4, 0.5) is 4.39 Å². The molecule has 2 atom stereocenters. The number of aliphatic hydroxyl groups is 1. The van der Waals surface area contributed by atoms with Gasteiger partial charge in [0.15, 0.2) is 0 Å². The molecule has 0 aromatic heterocycles. The van der Waals surface area contributed by atoms with Gasteiger partial charge < -0.3 is 10.4 Å². The van der Waals surface area contributed by atoms with Crippen molar-refractivity contribution in [1.29, 1.82) is 0 Å². The van der Waals surface area contributed by atoms with Gasteiger partial charge in [-0.05, 0) is 43.4 Å². The van der Waals surface area contributed by atoms with E-state index in [4.69, 9.17) is 0 Å². The molecule has 1 heterocycles. The Balaban J connectivity index is 0.00000220. The van der Waals surface area contributed by atoms with E-state index in [1.165, 1.54) is 12.1 Å². The second-order valence-corrected chi connectivity index (χ2v) is 6.07. The standard InChI is InChI=1S/C17H26FNO.ClH/c1-3-9-17(10-4-2)11-8-15(19-17)16(20)13-6-5-7-14(18)12-13;/h5-7,12,15-16,19-20H,3-4,8-11H2,1-2H3;1H/t15?,16-;/m1./s1. The van der Waals surface area contributed by atoms with E-state index in [1.807, 2.05) is 0 Å². The molecule has 21 heavy (non-hydrogen) atoms. The summed E-state index contributed by atoms with van der Waals surface area (Å²) in [5, 5.41) is 14.1. The molecule has 0 bridgehead atoms. The van der Waals surface area contributed by atoms with E-state index in [9.17, 15) is 9.50 Å². The van der Waals surface area contributed by atoms with Gasteiger partial charge in [-0.1, -0.05) is 38.8 Å². The number of benzene rings is 1. The molecule has 1 aromatic carbocycles. The summed E-state index contributed by atoms with van der Waals surface area (Å²) in [7, 11) is 0. The van der Waals surface area contributed by atoms with Crippen molar-refractivity contribution in [3.05, 3.63) is 35.6 Å². The lowest BCUT2D eigenvalue weighted by molar-refractivity contribution is 0.126. The fraction of sp³-hybridized carbons (Fsp3) is 0.647. The number of aliphatic hydroxyl groups excluding tert-OH is 1. The molecule has 0 saturated carbocycles. The Morgan fingerprint density at radius 1 is 1.33 bits per heavy atom. The Morgan fingerprint density at radius 2 is 2.00 bits per heavy atom. The third kappa shape index (κ3) is 4.41. The molecule has 2 nitrogen and oxygen atoms in total. The number of rotatable bonds is 6. The largest absolute Gasteiger partial charge is 0.387 e. The highest BCUT2D eigenvalue weighted by Gasteiger charge is 2.39. The highest BCUT2D eigenvalue weighted by molar-refractivity contribution is 5.85. The maximum absolute atomic E-state index is 13.3. The first-order valence-corrected chi connectivity index (χ1v) is 7.81. The van der Waals surface area contributed by atoms with E-state index >= 15 is 0 Å². The van der Waals surface area contributed by atoms with Crippen molar-refractivity contribution in [3.8, 4) is 0 Å². The SMILES string of the molecule is CCCC1(CCC)CCC([C@H](O)c2cccc(F)c2)N1.Cl. The molecule has 0 aliphatic carbocycles. The van der Waals surface area contributed by atoms with E-state index in [0.717, 1.165) is 38.5 Å². The van der Waals surface area contributed by atoms with Crippen LogP contribution in [0.15, 0.2) is 24.3 Å². The van der Waals surface area contributed by atoms with Crippen LogP contribution in [0.2, 0.25) is 0 Å². The van der Waals surface area contributed by atoms with Crippen LogP contribution in [-0.2, 0) is 0 Å². The molecule has 0 radical (unpaired) electrons. The van der Waals surface area contributed by atoms with Crippen molar-refractivity contribution in [2.24, 2.45) is 0 Å². The summed E-state index contributed by atoms with van der Waals surface area (Å²) in [6.45, 7) is 4.41. The molecule has 1 aliphatic rings. The molecule has 0 spiro atoms. The predicted octanol–water partition coefficient (Wildman–Crippen LogP) is 4.37. The first kappa shape index (κ1) is 18.4. The van der Waals surface area contributed by atoms with Gasteiger partial charge in [0.2, 0.25) is 0 Å². The summed E-state index contributed by atoms with van der Waals surface area (Å²) in [6.07, 6.45) is 6.02. The maximum atomic E-state index is 13.3. The van der Waals surface area contributed by atoms with E-state index < -0.39 is 6.10 Å². The number of halogens is 2. The van der Waals surface area contributed by atoms with Crippen LogP contribution in [0.1, 0.15) is 64.0 Å². The molecule has 1 fully saturated rings. The minimum atomic E-state index is -0.624. The van der Waals surface area contributed by atoms with Crippen LogP contribution in [0.5, 0.6) is 0 Å². The molecule has 4 heteroatoms. The van der Waals surface area contributed by atoms with Crippen LogP contribution in [0.3, 0.4) is 0 Å². The maximum Gasteiger partial charge on any atom is 0.123 e. The molecule has 1 aromatic rings. The first-order chi connectivity index (χ1) is 9.60. The highest BCUT2D eigenvalue weighted by Crippen LogP contribution is 2.36. The Bertz CT molecular complexity index is 435. The van der Waals surface area contributed by atoms with Gasteiger partial charge in [0, 0.05) is 11.6 Å². The average Bonchev–Trinajstić information content (AvgIpc) is 2.83. The highest BCUT2D eigenvalue weighted by atomic mass is 35.5. The summed E-state index contributed by atoms with van der Waals surface area (Å²) in [6, 6.07) is 6.35. The molecule has 1 aliphatic heterocycles. The van der Waals surface area contributed by atoms with Gasteiger partial charge in [-0.3, -0.25) is 0 Å². The van der Waals surface area contributed by atoms with Gasteiger partial charge in [-0.25, -0.2) is 4.39 Å².